The van der Waals surface area contributed by atoms with Gasteiger partial charge in [0.15, 0.2) is 5.78 Å². The first kappa shape index (κ1) is 13.2. The highest BCUT2D eigenvalue weighted by molar-refractivity contribution is 6.06. The third kappa shape index (κ3) is 1.95. The molecule has 3 heterocycles. The van der Waals surface area contributed by atoms with Crippen molar-refractivity contribution in [1.82, 2.24) is 29.3 Å². The van der Waals surface area contributed by atoms with Gasteiger partial charge in [-0.2, -0.15) is 14.8 Å². The van der Waals surface area contributed by atoms with Crippen molar-refractivity contribution in [3.05, 3.63) is 24.3 Å². The zero-order valence-corrected chi connectivity index (χ0v) is 11.8. The quantitative estimate of drug-likeness (QED) is 0.722. The maximum atomic E-state index is 12.1. The Morgan fingerprint density at radius 3 is 2.76 bits per heavy atom. The summed E-state index contributed by atoms with van der Waals surface area (Å²) in [5.74, 6) is 0.804. The minimum Gasteiger partial charge on any atom is -0.368 e. The fraction of sp³-hybridized carbons (Fsp3) is 0.308. The molecule has 3 rings (SSSR count). The molecule has 2 N–H and O–H groups in total. The Morgan fingerprint density at radius 2 is 2.14 bits per heavy atom. The van der Waals surface area contributed by atoms with E-state index in [2.05, 4.69) is 20.1 Å². The van der Waals surface area contributed by atoms with Crippen LogP contribution in [0.5, 0.6) is 0 Å². The van der Waals surface area contributed by atoms with Crippen molar-refractivity contribution in [3.8, 4) is 5.95 Å². The lowest BCUT2D eigenvalue weighted by molar-refractivity contribution is 0.0989. The largest absolute Gasteiger partial charge is 0.368 e. The number of carbonyl (C=O) groups excluding carboxylic acids is 1. The summed E-state index contributed by atoms with van der Waals surface area (Å²) >= 11 is 0. The number of rotatable bonds is 4. The predicted octanol–water partition coefficient (Wildman–Crippen LogP) is 1.21. The average molecular weight is 285 g/mol. The van der Waals surface area contributed by atoms with Gasteiger partial charge in [0.25, 0.3) is 0 Å². The van der Waals surface area contributed by atoms with Crippen molar-refractivity contribution in [3.63, 3.8) is 0 Å². The summed E-state index contributed by atoms with van der Waals surface area (Å²) in [5, 5.41) is 4.08. The second-order valence-corrected chi connectivity index (χ2v) is 4.52. The van der Waals surface area contributed by atoms with Crippen molar-refractivity contribution in [2.75, 3.05) is 5.73 Å². The molecule has 0 saturated carbocycles. The molecule has 21 heavy (non-hydrogen) atoms. The van der Waals surface area contributed by atoms with Crippen LogP contribution in [0.15, 0.2) is 18.7 Å². The van der Waals surface area contributed by atoms with E-state index in [0.717, 1.165) is 5.52 Å². The molecule has 0 radical (unpaired) electrons. The molecule has 3 aromatic rings. The van der Waals surface area contributed by atoms with Gasteiger partial charge in [-0.05, 0) is 6.92 Å². The van der Waals surface area contributed by atoms with Crippen molar-refractivity contribution in [2.24, 2.45) is 0 Å². The van der Waals surface area contributed by atoms with Gasteiger partial charge in [0, 0.05) is 19.2 Å². The number of aromatic nitrogens is 6. The number of nitrogens with zero attached hydrogens (tertiary/aromatic N) is 6. The lowest BCUT2D eigenvalue weighted by atomic mass is 10.1. The Bertz CT molecular complexity index is 817. The van der Waals surface area contributed by atoms with E-state index in [9.17, 15) is 4.79 Å². The molecule has 0 spiro atoms. The van der Waals surface area contributed by atoms with Gasteiger partial charge < -0.3 is 10.3 Å². The van der Waals surface area contributed by atoms with Crippen molar-refractivity contribution in [2.45, 2.75) is 26.8 Å². The van der Waals surface area contributed by atoms with Crippen molar-refractivity contribution in [1.29, 1.82) is 0 Å². The lowest BCUT2D eigenvalue weighted by Gasteiger charge is -2.08. The first-order valence-corrected chi connectivity index (χ1v) is 6.70. The summed E-state index contributed by atoms with van der Waals surface area (Å²) in [7, 11) is 0. The molecule has 0 saturated heterocycles. The van der Waals surface area contributed by atoms with Crippen LogP contribution in [0.1, 0.15) is 30.6 Å². The number of aryl methyl sites for hydroxylation is 1. The van der Waals surface area contributed by atoms with Crippen LogP contribution < -0.4 is 5.73 Å². The van der Waals surface area contributed by atoms with Gasteiger partial charge in [-0.3, -0.25) is 9.78 Å². The fourth-order valence-corrected chi connectivity index (χ4v) is 2.34. The molecule has 8 heteroatoms. The van der Waals surface area contributed by atoms with Gasteiger partial charge in [0.1, 0.15) is 11.8 Å². The SMILES string of the molecule is CCC(=O)c1cncc2nc(-n3ncnc3N)n(CC)c12. The Labute approximate surface area is 120 Å². The Morgan fingerprint density at radius 1 is 1.33 bits per heavy atom. The fourth-order valence-electron chi connectivity index (χ4n) is 2.34. The summed E-state index contributed by atoms with van der Waals surface area (Å²) in [5.41, 5.74) is 7.75. The highest BCUT2D eigenvalue weighted by atomic mass is 16.1. The lowest BCUT2D eigenvalue weighted by Crippen LogP contribution is -2.11. The third-order valence-electron chi connectivity index (χ3n) is 3.33. The second kappa shape index (κ2) is 4.97. The van der Waals surface area contributed by atoms with E-state index in [1.54, 1.807) is 12.4 Å². The van der Waals surface area contributed by atoms with Gasteiger partial charge in [-0.15, -0.1) is 0 Å². The second-order valence-electron chi connectivity index (χ2n) is 4.52. The van der Waals surface area contributed by atoms with E-state index in [1.165, 1.54) is 11.0 Å². The van der Waals surface area contributed by atoms with Gasteiger partial charge in [0.05, 0.1) is 17.3 Å². The molecule has 0 aliphatic rings. The van der Waals surface area contributed by atoms with Crippen molar-refractivity contribution >= 4 is 22.8 Å². The molecule has 108 valence electrons. The molecule has 0 atom stereocenters. The highest BCUT2D eigenvalue weighted by Gasteiger charge is 2.19. The molecule has 0 bridgehead atoms. The van der Waals surface area contributed by atoms with E-state index in [1.807, 2.05) is 18.4 Å². The normalized spacial score (nSPS) is 11.1. The van der Waals surface area contributed by atoms with Crippen LogP contribution in [0.2, 0.25) is 0 Å². The van der Waals surface area contributed by atoms with Crippen LogP contribution in [0.4, 0.5) is 5.95 Å². The van der Waals surface area contributed by atoms with E-state index in [-0.39, 0.29) is 11.7 Å². The minimum atomic E-state index is 0.0285. The van der Waals surface area contributed by atoms with Crippen LogP contribution >= 0.6 is 0 Å². The highest BCUT2D eigenvalue weighted by Crippen LogP contribution is 2.23. The van der Waals surface area contributed by atoms with E-state index in [0.29, 0.717) is 30.0 Å². The summed E-state index contributed by atoms with van der Waals surface area (Å²) in [6.07, 6.45) is 4.99. The molecule has 0 amide bonds. The predicted molar refractivity (Wildman–Crippen MR) is 77.2 cm³/mol. The molecular formula is C13H15N7O. The van der Waals surface area contributed by atoms with E-state index >= 15 is 0 Å². The topological polar surface area (TPSA) is 105 Å². The molecular weight excluding hydrogens is 270 g/mol. The number of ketones is 1. The van der Waals surface area contributed by atoms with Gasteiger partial charge >= 0.3 is 0 Å². The summed E-state index contributed by atoms with van der Waals surface area (Å²) < 4.78 is 3.34. The number of carbonyl (C=O) groups is 1. The maximum absolute atomic E-state index is 12.1. The van der Waals surface area contributed by atoms with E-state index in [4.69, 9.17) is 5.73 Å². The number of hydrogen-bond donors (Lipinski definition) is 1. The molecule has 8 nitrogen and oxygen atoms in total. The molecule has 0 aliphatic carbocycles. The molecule has 0 aliphatic heterocycles. The number of anilines is 1. The molecule has 0 unspecified atom stereocenters. The number of imidazole rings is 1. The Balaban J connectivity index is 2.34. The van der Waals surface area contributed by atoms with Gasteiger partial charge in [-0.1, -0.05) is 6.92 Å². The summed E-state index contributed by atoms with van der Waals surface area (Å²) in [6, 6.07) is 0. The standard InChI is InChI=1S/C13H15N7O/c1-3-10(21)8-5-15-6-9-11(8)19(4-2)13(18-9)20-12(14)16-7-17-20/h5-7H,3-4H2,1-2H3,(H2,14,16,17). The first-order chi connectivity index (χ1) is 10.2. The number of nitrogens with two attached hydrogens (primary N) is 1. The third-order valence-corrected chi connectivity index (χ3v) is 3.33. The Hall–Kier alpha value is -2.77. The van der Waals surface area contributed by atoms with Crippen LogP contribution in [0.25, 0.3) is 17.0 Å². The number of pyridine rings is 1. The van der Waals surface area contributed by atoms with E-state index < -0.39 is 0 Å². The summed E-state index contributed by atoms with van der Waals surface area (Å²) in [6.45, 7) is 4.42. The minimum absolute atomic E-state index is 0.0285. The number of hydrogen-bond acceptors (Lipinski definition) is 6. The zero-order valence-electron chi connectivity index (χ0n) is 11.8. The summed E-state index contributed by atoms with van der Waals surface area (Å²) in [4.78, 5) is 24.6. The van der Waals surface area contributed by atoms with Crippen LogP contribution in [-0.2, 0) is 6.54 Å². The molecule has 0 fully saturated rings. The van der Waals surface area contributed by atoms with Gasteiger partial charge in [0.2, 0.25) is 11.9 Å². The Kier molecular flexibility index (Phi) is 3.13. The van der Waals surface area contributed by atoms with Crippen LogP contribution in [-0.4, -0.2) is 35.1 Å². The molecule has 3 aromatic heterocycles. The molecule has 0 aromatic carbocycles. The maximum Gasteiger partial charge on any atom is 0.235 e. The van der Waals surface area contributed by atoms with Gasteiger partial charge in [-0.25, -0.2) is 4.98 Å². The monoisotopic (exact) mass is 285 g/mol. The van der Waals surface area contributed by atoms with Crippen molar-refractivity contribution < 1.29 is 4.79 Å². The van der Waals surface area contributed by atoms with Crippen LogP contribution in [0.3, 0.4) is 0 Å². The number of Topliss-reactive ketones (excluding diaryl/α,β-unsaturated/α-hetero) is 1. The first-order valence-electron chi connectivity index (χ1n) is 6.70. The number of fused-ring (bicyclic) bond motifs is 1. The number of nitrogen functional groups attached to an aromatic ring is 1. The van der Waals surface area contributed by atoms with Crippen LogP contribution in [0, 0.1) is 0 Å². The zero-order chi connectivity index (χ0) is 15.0. The average Bonchev–Trinajstić information content (AvgIpc) is 3.08. The smallest absolute Gasteiger partial charge is 0.235 e.